The van der Waals surface area contributed by atoms with Crippen molar-refractivity contribution in [3.63, 3.8) is 0 Å². The van der Waals surface area contributed by atoms with E-state index in [-0.39, 0.29) is 23.6 Å². The summed E-state index contributed by atoms with van der Waals surface area (Å²) >= 11 is 1.33. The van der Waals surface area contributed by atoms with Crippen molar-refractivity contribution in [3.8, 4) is 5.75 Å². The molecule has 1 aliphatic rings. The van der Waals surface area contributed by atoms with Crippen molar-refractivity contribution in [2.45, 2.75) is 81.0 Å². The Bertz CT molecular complexity index is 1030. The number of unbranched alkanes of at least 4 members (excludes halogenated alkanes) is 1. The second-order valence-corrected chi connectivity index (χ2v) is 11.6. The minimum absolute atomic E-state index is 0.126. The molecule has 1 unspecified atom stereocenters. The van der Waals surface area contributed by atoms with E-state index in [0.29, 0.717) is 35.7 Å². The van der Waals surface area contributed by atoms with Gasteiger partial charge >= 0.3 is 14.6 Å². The van der Waals surface area contributed by atoms with E-state index in [1.54, 1.807) is 18.2 Å². The molecule has 5 nitrogen and oxygen atoms in total. The summed E-state index contributed by atoms with van der Waals surface area (Å²) in [6, 6.07) is 11.8. The van der Waals surface area contributed by atoms with Gasteiger partial charge in [0.15, 0.2) is 0 Å². The number of thioether (sulfide) groups is 1. The molecule has 0 saturated heterocycles. The van der Waals surface area contributed by atoms with Crippen molar-refractivity contribution in [1.29, 1.82) is 0 Å². The van der Waals surface area contributed by atoms with Crippen molar-refractivity contribution in [3.05, 3.63) is 59.4 Å². The summed E-state index contributed by atoms with van der Waals surface area (Å²) in [4.78, 5) is 9.06. The number of nitrogens with one attached hydrogen (secondary N) is 1. The molecule has 212 valence electrons. The van der Waals surface area contributed by atoms with E-state index in [1.165, 1.54) is 30.3 Å². The molecule has 1 saturated carbocycles. The molecule has 1 fully saturated rings. The van der Waals surface area contributed by atoms with Gasteiger partial charge in [0.05, 0.1) is 6.61 Å². The van der Waals surface area contributed by atoms with E-state index in [9.17, 15) is 22.1 Å². The molecular weight excluding hydrogens is 541 g/mol. The van der Waals surface area contributed by atoms with Gasteiger partial charge in [0, 0.05) is 11.4 Å². The molecule has 0 bridgehead atoms. The summed E-state index contributed by atoms with van der Waals surface area (Å²) in [5, 5.41) is 3.07. The van der Waals surface area contributed by atoms with Gasteiger partial charge in [-0.3, -0.25) is 4.57 Å². The van der Waals surface area contributed by atoms with Crippen LogP contribution in [-0.4, -0.2) is 30.2 Å². The van der Waals surface area contributed by atoms with Crippen LogP contribution in [0.3, 0.4) is 0 Å². The number of benzene rings is 2. The molecule has 0 heterocycles. The van der Waals surface area contributed by atoms with Crippen LogP contribution < -0.4 is 10.1 Å². The van der Waals surface area contributed by atoms with Gasteiger partial charge in [-0.1, -0.05) is 49.9 Å². The van der Waals surface area contributed by atoms with E-state index in [2.05, 4.69) is 14.6 Å². The second-order valence-electron chi connectivity index (χ2n) is 9.60. The first-order valence-corrected chi connectivity index (χ1v) is 15.3. The first kappa shape index (κ1) is 31.0. The molecule has 1 aliphatic carbocycles. The molecule has 0 spiro atoms. The number of hydrogen-bond donors (Lipinski definition) is 2. The standard InChI is InChI=1S/C27H36F4NO4PS/c28-23-10-3-2-9-22(23)26(13-4-1-5-14-26)15-6-7-18-38-25-12-11-21(19-24(25)36-27(29,30)31)20-32-16-8-17-35-37(33)34/h2-3,9-12,19,32,37H,1,4-8,13-18,20H2,(H,33,34). The van der Waals surface area contributed by atoms with Crippen molar-refractivity contribution in [2.24, 2.45) is 0 Å². The average molecular weight is 578 g/mol. The van der Waals surface area contributed by atoms with Gasteiger partial charge in [-0.2, -0.15) is 0 Å². The van der Waals surface area contributed by atoms with E-state index in [1.807, 2.05) is 12.1 Å². The van der Waals surface area contributed by atoms with Gasteiger partial charge < -0.3 is 19.5 Å². The Kier molecular flexibility index (Phi) is 12.4. The summed E-state index contributed by atoms with van der Waals surface area (Å²) in [5.74, 6) is 0.259. The van der Waals surface area contributed by atoms with Gasteiger partial charge in [0.2, 0.25) is 0 Å². The van der Waals surface area contributed by atoms with Crippen LogP contribution in [0.15, 0.2) is 47.4 Å². The van der Waals surface area contributed by atoms with Gasteiger partial charge in [0.25, 0.3) is 0 Å². The highest BCUT2D eigenvalue weighted by molar-refractivity contribution is 7.99. The minimum Gasteiger partial charge on any atom is -0.405 e. The van der Waals surface area contributed by atoms with Crippen LogP contribution in [0, 0.1) is 5.82 Å². The van der Waals surface area contributed by atoms with Gasteiger partial charge in [-0.15, -0.1) is 24.9 Å². The number of halogens is 4. The molecule has 0 amide bonds. The van der Waals surface area contributed by atoms with Gasteiger partial charge in [0.1, 0.15) is 11.6 Å². The Morgan fingerprint density at radius 1 is 1.05 bits per heavy atom. The fourth-order valence-corrected chi connectivity index (χ4v) is 6.39. The lowest BCUT2D eigenvalue weighted by Gasteiger charge is -2.38. The molecule has 2 N–H and O–H groups in total. The molecule has 0 radical (unpaired) electrons. The zero-order valence-corrected chi connectivity index (χ0v) is 23.1. The van der Waals surface area contributed by atoms with Crippen molar-refractivity contribution in [2.75, 3.05) is 18.9 Å². The topological polar surface area (TPSA) is 67.8 Å². The third-order valence-electron chi connectivity index (χ3n) is 6.85. The van der Waals surface area contributed by atoms with Crippen molar-refractivity contribution >= 4 is 20.0 Å². The first-order valence-electron chi connectivity index (χ1n) is 13.0. The highest BCUT2D eigenvalue weighted by atomic mass is 32.2. The van der Waals surface area contributed by atoms with E-state index >= 15 is 0 Å². The lowest BCUT2D eigenvalue weighted by Crippen LogP contribution is -2.30. The average Bonchev–Trinajstić information content (AvgIpc) is 2.86. The monoisotopic (exact) mass is 577 g/mol. The fraction of sp³-hybridized carbons (Fsp3) is 0.556. The van der Waals surface area contributed by atoms with Crippen LogP contribution in [0.25, 0.3) is 0 Å². The third-order valence-corrected chi connectivity index (χ3v) is 8.44. The van der Waals surface area contributed by atoms with Crippen LogP contribution in [-0.2, 0) is 21.0 Å². The van der Waals surface area contributed by atoms with Gasteiger partial charge in [-0.25, -0.2) is 4.39 Å². The Morgan fingerprint density at radius 2 is 1.82 bits per heavy atom. The van der Waals surface area contributed by atoms with Crippen LogP contribution in [0.4, 0.5) is 17.6 Å². The third kappa shape index (κ3) is 10.2. The first-order chi connectivity index (χ1) is 18.2. The maximum absolute atomic E-state index is 14.7. The van der Waals surface area contributed by atoms with Crippen LogP contribution in [0.1, 0.15) is 68.9 Å². The van der Waals surface area contributed by atoms with Crippen LogP contribution in [0.5, 0.6) is 5.75 Å². The molecule has 0 aliphatic heterocycles. The quantitative estimate of drug-likeness (QED) is 0.0976. The number of ether oxygens (including phenoxy) is 1. The predicted octanol–water partition coefficient (Wildman–Crippen LogP) is 7.77. The Labute approximate surface area is 226 Å². The summed E-state index contributed by atoms with van der Waals surface area (Å²) in [7, 11) is -2.95. The van der Waals surface area contributed by atoms with Crippen LogP contribution in [0.2, 0.25) is 0 Å². The Hall–Kier alpha value is -1.58. The van der Waals surface area contributed by atoms with E-state index in [4.69, 9.17) is 4.89 Å². The zero-order chi connectivity index (χ0) is 27.4. The number of hydrogen-bond acceptors (Lipinski definition) is 5. The molecule has 2 aromatic rings. The molecular formula is C27H36F4NO4PS. The Balaban J connectivity index is 1.53. The summed E-state index contributed by atoms with van der Waals surface area (Å²) in [6.45, 7) is 0.932. The maximum Gasteiger partial charge on any atom is 0.573 e. The molecule has 3 rings (SSSR count). The molecule has 38 heavy (non-hydrogen) atoms. The summed E-state index contributed by atoms with van der Waals surface area (Å²) < 4.78 is 73.3. The van der Waals surface area contributed by atoms with E-state index in [0.717, 1.165) is 50.5 Å². The largest absolute Gasteiger partial charge is 0.573 e. The highest BCUT2D eigenvalue weighted by Crippen LogP contribution is 2.44. The number of rotatable bonds is 15. The normalized spacial score (nSPS) is 16.3. The predicted molar refractivity (Wildman–Crippen MR) is 142 cm³/mol. The fourth-order valence-electron chi connectivity index (χ4n) is 5.10. The second kappa shape index (κ2) is 15.3. The SMILES string of the molecule is O=[PH](O)OCCCNCc1ccc(SCCCCC2(c3ccccc3F)CCCCC2)c(OC(F)(F)F)c1. The molecule has 2 aromatic carbocycles. The summed E-state index contributed by atoms with van der Waals surface area (Å²) in [6.07, 6.45) is 3.51. The van der Waals surface area contributed by atoms with Crippen molar-refractivity contribution < 1.29 is 36.3 Å². The Morgan fingerprint density at radius 3 is 2.53 bits per heavy atom. The minimum atomic E-state index is -4.80. The lowest BCUT2D eigenvalue weighted by atomic mass is 9.66. The van der Waals surface area contributed by atoms with Gasteiger partial charge in [-0.05, 0) is 79.1 Å². The highest BCUT2D eigenvalue weighted by Gasteiger charge is 2.35. The molecule has 1 atom stereocenters. The lowest BCUT2D eigenvalue weighted by molar-refractivity contribution is -0.275. The van der Waals surface area contributed by atoms with Crippen LogP contribution >= 0.6 is 20.0 Å². The van der Waals surface area contributed by atoms with E-state index < -0.39 is 14.6 Å². The zero-order valence-electron chi connectivity index (χ0n) is 21.3. The molecule has 11 heteroatoms. The summed E-state index contributed by atoms with van der Waals surface area (Å²) in [5.41, 5.74) is 1.28. The number of alkyl halides is 3. The van der Waals surface area contributed by atoms with Crippen molar-refractivity contribution in [1.82, 2.24) is 5.32 Å². The maximum atomic E-state index is 14.7. The smallest absolute Gasteiger partial charge is 0.405 e. The molecule has 0 aromatic heterocycles.